The molecule has 0 saturated heterocycles. The second kappa shape index (κ2) is 10.5. The third-order valence-corrected chi connectivity index (χ3v) is 8.32. The van der Waals surface area contributed by atoms with Crippen molar-refractivity contribution in [3.63, 3.8) is 0 Å². The molecule has 9 heteroatoms. The molecule has 5 rings (SSSR count). The van der Waals surface area contributed by atoms with E-state index in [4.69, 9.17) is 4.98 Å². The minimum atomic E-state index is -3.43. The third kappa shape index (κ3) is 5.48. The molecule has 8 nitrogen and oxygen atoms in total. The van der Waals surface area contributed by atoms with Crippen LogP contribution < -0.4 is 10.6 Å². The topological polar surface area (TPSA) is 121 Å². The molecule has 0 saturated carbocycles. The number of rotatable bonds is 5. The van der Waals surface area contributed by atoms with E-state index in [2.05, 4.69) is 29.5 Å². The molecule has 2 atom stereocenters. The Morgan fingerprint density at radius 3 is 2.35 bits per heavy atom. The van der Waals surface area contributed by atoms with Gasteiger partial charge in [0.15, 0.2) is 14.9 Å². The van der Waals surface area contributed by atoms with Crippen LogP contribution in [0.1, 0.15) is 43.0 Å². The van der Waals surface area contributed by atoms with Crippen molar-refractivity contribution >= 4 is 21.6 Å². The van der Waals surface area contributed by atoms with Crippen molar-refractivity contribution in [2.24, 2.45) is 0 Å². The Balaban J connectivity index is 1.49. The second-order valence-corrected chi connectivity index (χ2v) is 12.9. The number of aliphatic hydroxyl groups excluding tert-OH is 1. The lowest BCUT2D eigenvalue weighted by molar-refractivity contribution is 0.0883. The van der Waals surface area contributed by atoms with Crippen LogP contribution in [-0.2, 0) is 15.3 Å². The third-order valence-electron chi connectivity index (χ3n) is 7.31. The Kier molecular flexibility index (Phi) is 7.20. The summed E-state index contributed by atoms with van der Waals surface area (Å²) < 4.78 is 23.7. The second-order valence-electron chi connectivity index (χ2n) is 10.9. The SMILES string of the molecule is Cc1cc(NC(=O)NC2c3ccccc3C(C)(C)C[C@H]2O)c(-c2ccccc2)nc1-c1ccc(S(C)(=O)=O)nc1. The average molecular weight is 557 g/mol. The van der Waals surface area contributed by atoms with Crippen molar-refractivity contribution in [2.45, 2.75) is 49.8 Å². The number of hydrogen-bond acceptors (Lipinski definition) is 6. The normalized spacial score (nSPS) is 18.0. The number of aromatic nitrogens is 2. The minimum absolute atomic E-state index is 0.0120. The van der Waals surface area contributed by atoms with Crippen LogP contribution in [-0.4, -0.2) is 41.9 Å². The molecule has 40 heavy (non-hydrogen) atoms. The number of amides is 2. The van der Waals surface area contributed by atoms with Gasteiger partial charge >= 0.3 is 6.03 Å². The molecule has 0 bridgehead atoms. The maximum atomic E-state index is 13.4. The highest BCUT2D eigenvalue weighted by molar-refractivity contribution is 7.90. The van der Waals surface area contributed by atoms with Crippen LogP contribution in [0.3, 0.4) is 0 Å². The van der Waals surface area contributed by atoms with E-state index in [1.54, 1.807) is 6.07 Å². The molecule has 1 aliphatic rings. The molecule has 0 radical (unpaired) electrons. The highest BCUT2D eigenvalue weighted by Gasteiger charge is 2.39. The van der Waals surface area contributed by atoms with E-state index < -0.39 is 28.0 Å². The summed E-state index contributed by atoms with van der Waals surface area (Å²) in [5, 5.41) is 16.9. The molecule has 2 amide bonds. The number of pyridine rings is 2. The largest absolute Gasteiger partial charge is 0.391 e. The molecule has 0 spiro atoms. The first-order valence-corrected chi connectivity index (χ1v) is 14.9. The van der Waals surface area contributed by atoms with Gasteiger partial charge in [-0.2, -0.15) is 0 Å². The summed E-state index contributed by atoms with van der Waals surface area (Å²) in [6.45, 7) is 6.06. The Morgan fingerprint density at radius 1 is 0.975 bits per heavy atom. The number of fused-ring (bicyclic) bond motifs is 1. The van der Waals surface area contributed by atoms with Gasteiger partial charge in [0.05, 0.1) is 29.2 Å². The number of nitrogens with zero attached hydrogens (tertiary/aromatic N) is 2. The fraction of sp³-hybridized carbons (Fsp3) is 0.258. The van der Waals surface area contributed by atoms with Crippen LogP contribution in [0, 0.1) is 6.92 Å². The van der Waals surface area contributed by atoms with Gasteiger partial charge in [-0.15, -0.1) is 0 Å². The maximum Gasteiger partial charge on any atom is 0.319 e. The van der Waals surface area contributed by atoms with Crippen molar-refractivity contribution < 1.29 is 18.3 Å². The zero-order valence-electron chi connectivity index (χ0n) is 22.8. The van der Waals surface area contributed by atoms with Gasteiger partial charge in [0.25, 0.3) is 0 Å². The maximum absolute atomic E-state index is 13.4. The van der Waals surface area contributed by atoms with Gasteiger partial charge in [-0.25, -0.2) is 23.2 Å². The van der Waals surface area contributed by atoms with Crippen LogP contribution in [0.25, 0.3) is 22.5 Å². The first kappa shape index (κ1) is 27.5. The number of nitrogens with one attached hydrogen (secondary N) is 2. The molecule has 2 aromatic heterocycles. The highest BCUT2D eigenvalue weighted by Crippen LogP contribution is 2.41. The molecular weight excluding hydrogens is 524 g/mol. The molecule has 2 heterocycles. The molecule has 4 aromatic rings. The van der Waals surface area contributed by atoms with Crippen molar-refractivity contribution in [3.05, 3.63) is 95.7 Å². The van der Waals surface area contributed by atoms with Crippen molar-refractivity contribution in [1.82, 2.24) is 15.3 Å². The molecule has 1 unspecified atom stereocenters. The van der Waals surface area contributed by atoms with Gasteiger partial charge in [-0.3, -0.25) is 0 Å². The quantitative estimate of drug-likeness (QED) is 0.302. The lowest BCUT2D eigenvalue weighted by Gasteiger charge is -2.40. The van der Waals surface area contributed by atoms with Gasteiger partial charge in [0.2, 0.25) is 0 Å². The number of anilines is 1. The Hall–Kier alpha value is -4.08. The summed E-state index contributed by atoms with van der Waals surface area (Å²) in [7, 11) is -3.43. The number of sulfone groups is 1. The first-order chi connectivity index (χ1) is 18.9. The van der Waals surface area contributed by atoms with Gasteiger partial charge < -0.3 is 15.7 Å². The number of hydrogen-bond donors (Lipinski definition) is 3. The van der Waals surface area contributed by atoms with Gasteiger partial charge in [0, 0.05) is 23.6 Å². The van der Waals surface area contributed by atoms with Crippen LogP contribution in [0.15, 0.2) is 84.0 Å². The summed E-state index contributed by atoms with van der Waals surface area (Å²) in [6.07, 6.45) is 2.38. The van der Waals surface area contributed by atoms with Crippen LogP contribution in [0.2, 0.25) is 0 Å². The van der Waals surface area contributed by atoms with E-state index in [9.17, 15) is 18.3 Å². The molecular formula is C31H32N4O4S. The van der Waals surface area contributed by atoms with E-state index >= 15 is 0 Å². The number of carbonyl (C=O) groups is 1. The summed E-state index contributed by atoms with van der Waals surface area (Å²) >= 11 is 0. The van der Waals surface area contributed by atoms with E-state index in [1.807, 2.05) is 67.6 Å². The van der Waals surface area contributed by atoms with E-state index in [1.165, 1.54) is 12.3 Å². The molecule has 206 valence electrons. The zero-order chi connectivity index (χ0) is 28.7. The summed E-state index contributed by atoms with van der Waals surface area (Å²) in [5.41, 5.74) is 5.69. The van der Waals surface area contributed by atoms with Crippen LogP contribution >= 0.6 is 0 Å². The van der Waals surface area contributed by atoms with E-state index in [0.717, 1.165) is 28.5 Å². The molecule has 0 fully saturated rings. The first-order valence-electron chi connectivity index (χ1n) is 13.0. The Bertz CT molecular complexity index is 1670. The monoisotopic (exact) mass is 556 g/mol. The van der Waals surface area contributed by atoms with Crippen LogP contribution in [0.4, 0.5) is 10.5 Å². The fourth-order valence-corrected chi connectivity index (χ4v) is 5.93. The number of urea groups is 1. The number of carbonyl (C=O) groups excluding carboxylic acids is 1. The molecule has 3 N–H and O–H groups in total. The van der Waals surface area contributed by atoms with E-state index in [-0.39, 0.29) is 10.4 Å². The van der Waals surface area contributed by atoms with Gasteiger partial charge in [-0.05, 0) is 53.6 Å². The fourth-order valence-electron chi connectivity index (χ4n) is 5.37. The van der Waals surface area contributed by atoms with Crippen LogP contribution in [0.5, 0.6) is 0 Å². The van der Waals surface area contributed by atoms with Crippen molar-refractivity contribution in [1.29, 1.82) is 0 Å². The molecule has 1 aliphatic carbocycles. The average Bonchev–Trinajstić information content (AvgIpc) is 2.91. The summed E-state index contributed by atoms with van der Waals surface area (Å²) in [4.78, 5) is 22.4. The van der Waals surface area contributed by atoms with Crippen molar-refractivity contribution in [3.8, 4) is 22.5 Å². The highest BCUT2D eigenvalue weighted by atomic mass is 32.2. The standard InChI is InChI=1S/C31H32N4O4S/c1-19-16-24(33-30(37)35-29-22-12-8-9-13-23(22)31(2,3)17-25(29)36)28(20-10-6-5-7-11-20)34-27(19)21-14-15-26(32-18-21)40(4,38)39/h5-16,18,25,29,36H,17H2,1-4H3,(H2,33,35,37)/t25-,29?/m1/s1. The lowest BCUT2D eigenvalue weighted by atomic mass is 9.70. The predicted molar refractivity (Wildman–Crippen MR) is 156 cm³/mol. The van der Waals surface area contributed by atoms with Gasteiger partial charge in [-0.1, -0.05) is 68.4 Å². The smallest absolute Gasteiger partial charge is 0.319 e. The number of aryl methyl sites for hydroxylation is 1. The number of aliphatic hydroxyl groups is 1. The van der Waals surface area contributed by atoms with E-state index in [0.29, 0.717) is 29.1 Å². The predicted octanol–water partition coefficient (Wildman–Crippen LogP) is 5.43. The van der Waals surface area contributed by atoms with Gasteiger partial charge in [0.1, 0.15) is 0 Å². The zero-order valence-corrected chi connectivity index (χ0v) is 23.7. The minimum Gasteiger partial charge on any atom is -0.391 e. The molecule has 2 aromatic carbocycles. The molecule has 0 aliphatic heterocycles. The lowest BCUT2D eigenvalue weighted by Crippen LogP contribution is -2.45. The summed E-state index contributed by atoms with van der Waals surface area (Å²) in [6, 6.07) is 21.3. The Morgan fingerprint density at radius 2 is 1.68 bits per heavy atom. The Labute approximate surface area is 234 Å². The number of benzene rings is 2. The summed E-state index contributed by atoms with van der Waals surface area (Å²) in [5.74, 6) is 0. The van der Waals surface area contributed by atoms with Crippen molar-refractivity contribution in [2.75, 3.05) is 11.6 Å².